The molecular formula is C22H29FN2O2. The molecule has 2 N–H and O–H groups in total. The first-order valence-electron chi connectivity index (χ1n) is 9.80. The quantitative estimate of drug-likeness (QED) is 0.701. The maximum atomic E-state index is 13.9. The second-order valence-corrected chi connectivity index (χ2v) is 6.88. The molecule has 0 aromatic heterocycles. The maximum absolute atomic E-state index is 13.9. The lowest BCUT2D eigenvalue weighted by molar-refractivity contribution is 0.262. The van der Waals surface area contributed by atoms with Crippen molar-refractivity contribution in [1.29, 1.82) is 0 Å². The molecule has 1 aliphatic rings. The zero-order chi connectivity index (χ0) is 18.9. The van der Waals surface area contributed by atoms with Crippen LogP contribution in [-0.4, -0.2) is 26.2 Å². The van der Waals surface area contributed by atoms with Gasteiger partial charge in [0.25, 0.3) is 0 Å². The van der Waals surface area contributed by atoms with Crippen molar-refractivity contribution in [3.63, 3.8) is 0 Å². The van der Waals surface area contributed by atoms with E-state index in [1.54, 1.807) is 12.1 Å². The van der Waals surface area contributed by atoms with Gasteiger partial charge in [-0.2, -0.15) is 0 Å². The minimum absolute atomic E-state index is 0.179. The summed E-state index contributed by atoms with van der Waals surface area (Å²) in [6.07, 6.45) is 2.42. The molecule has 1 heterocycles. The number of benzene rings is 2. The third kappa shape index (κ3) is 5.68. The van der Waals surface area contributed by atoms with E-state index in [9.17, 15) is 4.39 Å². The predicted octanol–water partition coefficient (Wildman–Crippen LogP) is 3.89. The molecule has 0 saturated carbocycles. The molecule has 2 aromatic rings. The molecule has 4 nitrogen and oxygen atoms in total. The van der Waals surface area contributed by atoms with Crippen LogP contribution in [0.2, 0.25) is 0 Å². The van der Waals surface area contributed by atoms with E-state index >= 15 is 0 Å². The van der Waals surface area contributed by atoms with Gasteiger partial charge in [0.2, 0.25) is 0 Å². The van der Waals surface area contributed by atoms with Crippen LogP contribution in [0, 0.1) is 11.7 Å². The Morgan fingerprint density at radius 1 is 1.04 bits per heavy atom. The third-order valence-electron chi connectivity index (χ3n) is 4.90. The standard InChI is InChI=1S/C22H29FN2O2/c1-2-26-21-9-5-7-18(15-25-14-17-10-12-24-13-11-17)22(21)27-16-19-6-3-4-8-20(19)23/h3-9,17,24-25H,2,10-16H2,1H3. The van der Waals surface area contributed by atoms with Crippen molar-refractivity contribution in [2.24, 2.45) is 5.92 Å². The van der Waals surface area contributed by atoms with Crippen LogP contribution < -0.4 is 20.1 Å². The molecule has 146 valence electrons. The number of hydrogen-bond acceptors (Lipinski definition) is 4. The van der Waals surface area contributed by atoms with E-state index in [-0.39, 0.29) is 12.4 Å². The lowest BCUT2D eigenvalue weighted by Crippen LogP contribution is -2.33. The fraction of sp³-hybridized carbons (Fsp3) is 0.455. The fourth-order valence-corrected chi connectivity index (χ4v) is 3.40. The van der Waals surface area contributed by atoms with Gasteiger partial charge in [0, 0.05) is 17.7 Å². The Morgan fingerprint density at radius 3 is 2.59 bits per heavy atom. The molecule has 5 heteroatoms. The molecule has 1 fully saturated rings. The molecule has 0 bridgehead atoms. The maximum Gasteiger partial charge on any atom is 0.166 e. The van der Waals surface area contributed by atoms with Crippen LogP contribution in [0.1, 0.15) is 30.9 Å². The Kier molecular flexibility index (Phi) is 7.48. The minimum Gasteiger partial charge on any atom is -0.490 e. The van der Waals surface area contributed by atoms with Gasteiger partial charge < -0.3 is 20.1 Å². The molecule has 1 saturated heterocycles. The van der Waals surface area contributed by atoms with Crippen molar-refractivity contribution in [1.82, 2.24) is 10.6 Å². The van der Waals surface area contributed by atoms with E-state index in [0.29, 0.717) is 36.1 Å². The number of piperidine rings is 1. The van der Waals surface area contributed by atoms with Crippen LogP contribution in [0.25, 0.3) is 0 Å². The SMILES string of the molecule is CCOc1cccc(CNCC2CCNCC2)c1OCc1ccccc1F. The molecular weight excluding hydrogens is 343 g/mol. The van der Waals surface area contributed by atoms with Gasteiger partial charge in [0.15, 0.2) is 11.5 Å². The molecule has 0 aliphatic carbocycles. The Balaban J connectivity index is 1.66. The van der Waals surface area contributed by atoms with E-state index < -0.39 is 0 Å². The van der Waals surface area contributed by atoms with Crippen LogP contribution in [0.3, 0.4) is 0 Å². The van der Waals surface area contributed by atoms with Gasteiger partial charge in [-0.1, -0.05) is 30.3 Å². The predicted molar refractivity (Wildman–Crippen MR) is 106 cm³/mol. The van der Waals surface area contributed by atoms with Crippen molar-refractivity contribution in [3.05, 3.63) is 59.4 Å². The summed E-state index contributed by atoms with van der Waals surface area (Å²) in [4.78, 5) is 0. The number of halogens is 1. The molecule has 1 aliphatic heterocycles. The number of para-hydroxylation sites is 1. The molecule has 2 aromatic carbocycles. The van der Waals surface area contributed by atoms with Crippen LogP contribution >= 0.6 is 0 Å². The van der Waals surface area contributed by atoms with Crippen molar-refractivity contribution in [3.8, 4) is 11.5 Å². The summed E-state index contributed by atoms with van der Waals surface area (Å²) >= 11 is 0. The first-order chi connectivity index (χ1) is 13.3. The van der Waals surface area contributed by atoms with Gasteiger partial charge in [-0.15, -0.1) is 0 Å². The second-order valence-electron chi connectivity index (χ2n) is 6.88. The smallest absolute Gasteiger partial charge is 0.166 e. The molecule has 0 radical (unpaired) electrons. The number of rotatable bonds is 9. The van der Waals surface area contributed by atoms with Gasteiger partial charge in [-0.05, 0) is 57.5 Å². The van der Waals surface area contributed by atoms with Gasteiger partial charge in [0.05, 0.1) is 6.61 Å². The Labute approximate surface area is 161 Å². The van der Waals surface area contributed by atoms with E-state index in [1.165, 1.54) is 18.9 Å². The Hall–Kier alpha value is -2.11. The zero-order valence-electron chi connectivity index (χ0n) is 16.0. The van der Waals surface area contributed by atoms with Gasteiger partial charge in [0.1, 0.15) is 12.4 Å². The topological polar surface area (TPSA) is 42.5 Å². The average molecular weight is 372 g/mol. The lowest BCUT2D eigenvalue weighted by Gasteiger charge is -2.23. The van der Waals surface area contributed by atoms with Crippen molar-refractivity contribution >= 4 is 0 Å². The van der Waals surface area contributed by atoms with E-state index in [1.807, 2.05) is 31.2 Å². The van der Waals surface area contributed by atoms with Gasteiger partial charge in [-0.25, -0.2) is 4.39 Å². The largest absolute Gasteiger partial charge is 0.490 e. The van der Waals surface area contributed by atoms with E-state index in [4.69, 9.17) is 9.47 Å². The highest BCUT2D eigenvalue weighted by molar-refractivity contribution is 5.46. The summed E-state index contributed by atoms with van der Waals surface area (Å²) in [5, 5.41) is 6.95. The lowest BCUT2D eigenvalue weighted by atomic mass is 9.98. The Morgan fingerprint density at radius 2 is 1.81 bits per heavy atom. The Bertz CT molecular complexity index is 717. The summed E-state index contributed by atoms with van der Waals surface area (Å²) in [5.41, 5.74) is 1.57. The van der Waals surface area contributed by atoms with Crippen molar-refractivity contribution in [2.75, 3.05) is 26.2 Å². The van der Waals surface area contributed by atoms with Crippen molar-refractivity contribution < 1.29 is 13.9 Å². The highest BCUT2D eigenvalue weighted by Crippen LogP contribution is 2.32. The number of nitrogens with one attached hydrogen (secondary N) is 2. The minimum atomic E-state index is -0.253. The van der Waals surface area contributed by atoms with Crippen LogP contribution in [-0.2, 0) is 13.2 Å². The molecule has 0 atom stereocenters. The number of hydrogen-bond donors (Lipinski definition) is 2. The normalized spacial score (nSPS) is 14.9. The highest BCUT2D eigenvalue weighted by atomic mass is 19.1. The monoisotopic (exact) mass is 372 g/mol. The van der Waals surface area contributed by atoms with E-state index in [0.717, 1.165) is 25.2 Å². The van der Waals surface area contributed by atoms with Crippen LogP contribution in [0.4, 0.5) is 4.39 Å². The fourth-order valence-electron chi connectivity index (χ4n) is 3.40. The molecule has 0 unspecified atom stereocenters. The van der Waals surface area contributed by atoms with Crippen molar-refractivity contribution in [2.45, 2.75) is 32.9 Å². The average Bonchev–Trinajstić information content (AvgIpc) is 2.70. The van der Waals surface area contributed by atoms with Crippen LogP contribution in [0.15, 0.2) is 42.5 Å². The summed E-state index contributed by atoms with van der Waals surface area (Å²) < 4.78 is 25.7. The summed E-state index contributed by atoms with van der Waals surface area (Å²) in [6, 6.07) is 12.6. The molecule has 0 amide bonds. The summed E-state index contributed by atoms with van der Waals surface area (Å²) in [6.45, 7) is 6.58. The van der Waals surface area contributed by atoms with Crippen LogP contribution in [0.5, 0.6) is 11.5 Å². The van der Waals surface area contributed by atoms with E-state index in [2.05, 4.69) is 10.6 Å². The molecule has 0 spiro atoms. The molecule has 3 rings (SSSR count). The van der Waals surface area contributed by atoms with Gasteiger partial charge in [-0.3, -0.25) is 0 Å². The van der Waals surface area contributed by atoms with Gasteiger partial charge >= 0.3 is 0 Å². The summed E-state index contributed by atoms with van der Waals surface area (Å²) in [5.74, 6) is 1.86. The first-order valence-corrected chi connectivity index (χ1v) is 9.80. The summed E-state index contributed by atoms with van der Waals surface area (Å²) in [7, 11) is 0. The number of ether oxygens (including phenoxy) is 2. The third-order valence-corrected chi connectivity index (χ3v) is 4.90. The molecule has 27 heavy (non-hydrogen) atoms. The second kappa shape index (κ2) is 10.3. The highest BCUT2D eigenvalue weighted by Gasteiger charge is 2.15. The first kappa shape index (κ1) is 19.6. The zero-order valence-corrected chi connectivity index (χ0v) is 16.0.